The Balaban J connectivity index is 1.96. The summed E-state index contributed by atoms with van der Waals surface area (Å²) < 4.78 is 16.1. The van der Waals surface area contributed by atoms with Crippen molar-refractivity contribution in [2.24, 2.45) is 0 Å². The minimum atomic E-state index is -0.243. The van der Waals surface area contributed by atoms with E-state index in [0.717, 1.165) is 10.4 Å². The Labute approximate surface area is 160 Å². The molecule has 0 bridgehead atoms. The van der Waals surface area contributed by atoms with Crippen molar-refractivity contribution in [3.63, 3.8) is 0 Å². The van der Waals surface area contributed by atoms with Gasteiger partial charge in [-0.3, -0.25) is 4.79 Å². The average Bonchev–Trinajstić information content (AvgIpc) is 3.38. The standard InChI is InChI=1S/C19H19NO4S2/c1-22-14-7-6-13(17(23-2)18(14)24-3)19(21)20-16(12-8-10-25-11-12)15-5-4-9-26-15/h4-11,16H,1-3H3,(H,20,21)/t16-/m1/s1. The van der Waals surface area contributed by atoms with E-state index in [1.807, 2.05) is 34.3 Å². The Morgan fingerprint density at radius 1 is 1.00 bits per heavy atom. The van der Waals surface area contributed by atoms with Crippen LogP contribution in [0.15, 0.2) is 46.5 Å². The average molecular weight is 389 g/mol. The second-order valence-corrected chi connectivity index (χ2v) is 7.12. The van der Waals surface area contributed by atoms with Gasteiger partial charge in [0.15, 0.2) is 11.5 Å². The monoisotopic (exact) mass is 389 g/mol. The van der Waals surface area contributed by atoms with Gasteiger partial charge >= 0.3 is 0 Å². The number of nitrogens with one attached hydrogen (secondary N) is 1. The van der Waals surface area contributed by atoms with Crippen LogP contribution in [0.4, 0.5) is 0 Å². The van der Waals surface area contributed by atoms with Gasteiger partial charge in [0.1, 0.15) is 0 Å². The SMILES string of the molecule is COc1ccc(C(=O)N[C@H](c2ccsc2)c2cccs2)c(OC)c1OC. The summed E-state index contributed by atoms with van der Waals surface area (Å²) in [6, 6.07) is 9.16. The van der Waals surface area contributed by atoms with Crippen LogP contribution in [0.2, 0.25) is 0 Å². The van der Waals surface area contributed by atoms with Crippen LogP contribution >= 0.6 is 22.7 Å². The molecule has 0 fully saturated rings. The number of thiophene rings is 2. The number of methoxy groups -OCH3 is 3. The first-order valence-electron chi connectivity index (χ1n) is 7.85. The molecular formula is C19H19NO4S2. The molecule has 0 spiro atoms. The van der Waals surface area contributed by atoms with Crippen LogP contribution in [0.1, 0.15) is 26.8 Å². The third-order valence-corrected chi connectivity index (χ3v) is 5.57. The highest BCUT2D eigenvalue weighted by Crippen LogP contribution is 2.40. The number of carbonyl (C=O) groups is 1. The normalized spacial score (nSPS) is 11.7. The summed E-state index contributed by atoms with van der Waals surface area (Å²) in [7, 11) is 4.56. The Morgan fingerprint density at radius 3 is 2.38 bits per heavy atom. The van der Waals surface area contributed by atoms with Crippen LogP contribution in [-0.2, 0) is 0 Å². The molecule has 1 aromatic carbocycles. The number of amides is 1. The zero-order valence-corrected chi connectivity index (χ0v) is 16.3. The third kappa shape index (κ3) is 3.54. The van der Waals surface area contributed by atoms with Crippen molar-refractivity contribution < 1.29 is 19.0 Å². The second-order valence-electron chi connectivity index (χ2n) is 5.36. The van der Waals surface area contributed by atoms with Gasteiger partial charge in [-0.2, -0.15) is 11.3 Å². The molecule has 136 valence electrons. The van der Waals surface area contributed by atoms with Gasteiger partial charge in [0.2, 0.25) is 5.75 Å². The van der Waals surface area contributed by atoms with E-state index in [2.05, 4.69) is 5.32 Å². The summed E-state index contributed by atoms with van der Waals surface area (Å²) in [5.74, 6) is 1.01. The van der Waals surface area contributed by atoms with E-state index in [0.29, 0.717) is 22.8 Å². The molecule has 0 aliphatic heterocycles. The maximum atomic E-state index is 13.0. The Hall–Kier alpha value is -2.51. The lowest BCUT2D eigenvalue weighted by atomic mass is 10.1. The molecule has 1 N–H and O–H groups in total. The van der Waals surface area contributed by atoms with E-state index in [-0.39, 0.29) is 11.9 Å². The predicted molar refractivity (Wildman–Crippen MR) is 104 cm³/mol. The molecule has 0 saturated carbocycles. The summed E-state index contributed by atoms with van der Waals surface area (Å²) in [4.78, 5) is 14.1. The van der Waals surface area contributed by atoms with Crippen molar-refractivity contribution in [3.05, 3.63) is 62.5 Å². The van der Waals surface area contributed by atoms with Crippen LogP contribution < -0.4 is 19.5 Å². The van der Waals surface area contributed by atoms with E-state index in [1.165, 1.54) is 14.2 Å². The first-order chi connectivity index (χ1) is 12.7. The fourth-order valence-corrected chi connectivity index (χ4v) is 4.19. The molecule has 3 rings (SSSR count). The lowest BCUT2D eigenvalue weighted by molar-refractivity contribution is 0.0939. The molecule has 7 heteroatoms. The first-order valence-corrected chi connectivity index (χ1v) is 9.67. The van der Waals surface area contributed by atoms with Crippen molar-refractivity contribution in [2.45, 2.75) is 6.04 Å². The van der Waals surface area contributed by atoms with Crippen molar-refractivity contribution in [2.75, 3.05) is 21.3 Å². The van der Waals surface area contributed by atoms with Crippen LogP contribution in [0, 0.1) is 0 Å². The van der Waals surface area contributed by atoms with Crippen molar-refractivity contribution >= 4 is 28.6 Å². The Morgan fingerprint density at radius 2 is 1.81 bits per heavy atom. The van der Waals surface area contributed by atoms with Gasteiger partial charge < -0.3 is 19.5 Å². The minimum absolute atomic E-state index is 0.216. The Bertz CT molecular complexity index is 826. The van der Waals surface area contributed by atoms with Crippen LogP contribution in [-0.4, -0.2) is 27.2 Å². The number of benzene rings is 1. The zero-order chi connectivity index (χ0) is 18.5. The quantitative estimate of drug-likeness (QED) is 0.652. The zero-order valence-electron chi connectivity index (χ0n) is 14.6. The highest BCUT2D eigenvalue weighted by atomic mass is 32.1. The maximum absolute atomic E-state index is 13.0. The molecule has 2 aromatic heterocycles. The molecule has 1 atom stereocenters. The van der Waals surface area contributed by atoms with Crippen LogP contribution in [0.25, 0.3) is 0 Å². The third-order valence-electron chi connectivity index (χ3n) is 3.93. The summed E-state index contributed by atoms with van der Waals surface area (Å²) in [6.07, 6.45) is 0. The van der Waals surface area contributed by atoms with Crippen molar-refractivity contribution in [3.8, 4) is 17.2 Å². The topological polar surface area (TPSA) is 56.8 Å². The maximum Gasteiger partial charge on any atom is 0.255 e. The number of ether oxygens (including phenoxy) is 3. The van der Waals surface area contributed by atoms with Gasteiger partial charge in [-0.25, -0.2) is 0 Å². The van der Waals surface area contributed by atoms with Gasteiger partial charge in [-0.15, -0.1) is 11.3 Å². The number of hydrogen-bond acceptors (Lipinski definition) is 6. The lowest BCUT2D eigenvalue weighted by Crippen LogP contribution is -2.29. The predicted octanol–water partition coefficient (Wildman–Crippen LogP) is 4.35. The van der Waals surface area contributed by atoms with E-state index in [1.54, 1.807) is 41.9 Å². The fraction of sp³-hybridized carbons (Fsp3) is 0.211. The molecular weight excluding hydrogens is 370 g/mol. The summed E-state index contributed by atoms with van der Waals surface area (Å²) in [6.45, 7) is 0. The molecule has 1 amide bonds. The van der Waals surface area contributed by atoms with Crippen molar-refractivity contribution in [1.29, 1.82) is 0 Å². The van der Waals surface area contributed by atoms with Gasteiger partial charge in [0, 0.05) is 4.88 Å². The van der Waals surface area contributed by atoms with Gasteiger partial charge in [0.25, 0.3) is 5.91 Å². The molecule has 0 unspecified atom stereocenters. The molecule has 0 aliphatic rings. The summed E-state index contributed by atoms with van der Waals surface area (Å²) >= 11 is 3.20. The molecule has 26 heavy (non-hydrogen) atoms. The van der Waals surface area contributed by atoms with Gasteiger partial charge in [-0.05, 0) is 46.0 Å². The number of hydrogen-bond donors (Lipinski definition) is 1. The van der Waals surface area contributed by atoms with Gasteiger partial charge in [-0.1, -0.05) is 6.07 Å². The Kier molecular flexibility index (Phi) is 5.80. The lowest BCUT2D eigenvalue weighted by Gasteiger charge is -2.19. The van der Waals surface area contributed by atoms with E-state index in [9.17, 15) is 4.79 Å². The molecule has 2 heterocycles. The number of carbonyl (C=O) groups excluding carboxylic acids is 1. The highest BCUT2D eigenvalue weighted by Gasteiger charge is 2.24. The van der Waals surface area contributed by atoms with E-state index < -0.39 is 0 Å². The van der Waals surface area contributed by atoms with E-state index in [4.69, 9.17) is 14.2 Å². The largest absolute Gasteiger partial charge is 0.493 e. The highest BCUT2D eigenvalue weighted by molar-refractivity contribution is 7.10. The molecule has 0 aliphatic carbocycles. The minimum Gasteiger partial charge on any atom is -0.493 e. The van der Waals surface area contributed by atoms with Crippen LogP contribution in [0.3, 0.4) is 0 Å². The molecule has 3 aromatic rings. The smallest absolute Gasteiger partial charge is 0.255 e. The molecule has 5 nitrogen and oxygen atoms in total. The molecule has 0 radical (unpaired) electrons. The van der Waals surface area contributed by atoms with Crippen molar-refractivity contribution in [1.82, 2.24) is 5.32 Å². The summed E-state index contributed by atoms with van der Waals surface area (Å²) in [5, 5.41) is 9.14. The van der Waals surface area contributed by atoms with E-state index >= 15 is 0 Å². The van der Waals surface area contributed by atoms with Crippen LogP contribution in [0.5, 0.6) is 17.2 Å². The second kappa shape index (κ2) is 8.25. The summed E-state index contributed by atoms with van der Waals surface area (Å²) in [5.41, 5.74) is 1.44. The number of rotatable bonds is 7. The van der Waals surface area contributed by atoms with Gasteiger partial charge in [0.05, 0.1) is 32.9 Å². The first kappa shape index (κ1) is 18.3. The fourth-order valence-electron chi connectivity index (χ4n) is 2.70. The molecule has 0 saturated heterocycles.